The predicted octanol–water partition coefficient (Wildman–Crippen LogP) is 1.89. The molecular formula is C11H11N5O2. The zero-order valence-corrected chi connectivity index (χ0v) is 9.29. The lowest BCUT2D eigenvalue weighted by Gasteiger charge is -2.06. The summed E-state index contributed by atoms with van der Waals surface area (Å²) in [5.74, 6) is 0.943. The first-order valence-electron chi connectivity index (χ1n) is 5.08. The molecule has 2 rings (SSSR count). The summed E-state index contributed by atoms with van der Waals surface area (Å²) in [6, 6.07) is 8.33. The first kappa shape index (κ1) is 11.6. The number of anilines is 4. The van der Waals surface area contributed by atoms with Crippen molar-refractivity contribution in [2.45, 2.75) is 0 Å². The molecule has 0 bridgehead atoms. The van der Waals surface area contributed by atoms with E-state index in [2.05, 4.69) is 20.6 Å². The monoisotopic (exact) mass is 245 g/mol. The SMILES string of the molecule is Nc1cc(Nc2ccc(NC(=O)O)cc2)ncn1. The molecule has 1 heterocycles. The number of carbonyl (C=O) groups is 1. The second-order valence-electron chi connectivity index (χ2n) is 3.46. The van der Waals surface area contributed by atoms with Crippen molar-refractivity contribution in [1.82, 2.24) is 9.97 Å². The van der Waals surface area contributed by atoms with E-state index in [1.165, 1.54) is 6.33 Å². The van der Waals surface area contributed by atoms with Crippen molar-refractivity contribution in [2.24, 2.45) is 0 Å². The number of hydrogen-bond acceptors (Lipinski definition) is 5. The third-order valence-corrected chi connectivity index (χ3v) is 2.10. The van der Waals surface area contributed by atoms with Crippen LogP contribution in [0.3, 0.4) is 0 Å². The van der Waals surface area contributed by atoms with Gasteiger partial charge in [0.15, 0.2) is 0 Å². The van der Waals surface area contributed by atoms with Gasteiger partial charge in [-0.25, -0.2) is 14.8 Å². The largest absolute Gasteiger partial charge is 0.465 e. The van der Waals surface area contributed by atoms with Crippen LogP contribution in [-0.4, -0.2) is 21.2 Å². The minimum Gasteiger partial charge on any atom is -0.465 e. The number of nitrogens with two attached hydrogens (primary N) is 1. The number of nitrogens with one attached hydrogen (secondary N) is 2. The normalized spacial score (nSPS) is 9.78. The summed E-state index contributed by atoms with van der Waals surface area (Å²) in [4.78, 5) is 18.2. The first-order chi connectivity index (χ1) is 8.63. The van der Waals surface area contributed by atoms with Gasteiger partial charge in [-0.15, -0.1) is 0 Å². The number of nitrogens with zero attached hydrogens (tertiary/aromatic N) is 2. The van der Waals surface area contributed by atoms with E-state index in [-0.39, 0.29) is 0 Å². The van der Waals surface area contributed by atoms with Crippen molar-refractivity contribution < 1.29 is 9.90 Å². The van der Waals surface area contributed by atoms with Crippen LogP contribution in [0.4, 0.5) is 27.8 Å². The number of aromatic nitrogens is 2. The van der Waals surface area contributed by atoms with Crippen molar-refractivity contribution >= 4 is 29.1 Å². The maximum atomic E-state index is 10.4. The minimum absolute atomic E-state index is 0.372. The lowest BCUT2D eigenvalue weighted by molar-refractivity contribution is 0.210. The van der Waals surface area contributed by atoms with Gasteiger partial charge in [0.05, 0.1) is 0 Å². The highest BCUT2D eigenvalue weighted by molar-refractivity contribution is 5.83. The maximum Gasteiger partial charge on any atom is 0.409 e. The van der Waals surface area contributed by atoms with Crippen molar-refractivity contribution in [2.75, 3.05) is 16.4 Å². The van der Waals surface area contributed by atoms with Crippen LogP contribution < -0.4 is 16.4 Å². The molecule has 0 atom stereocenters. The Morgan fingerprint density at radius 3 is 2.44 bits per heavy atom. The van der Waals surface area contributed by atoms with E-state index in [0.29, 0.717) is 17.3 Å². The van der Waals surface area contributed by atoms with E-state index in [1.807, 2.05) is 0 Å². The number of benzene rings is 1. The fourth-order valence-corrected chi connectivity index (χ4v) is 1.35. The molecule has 1 aromatic heterocycles. The highest BCUT2D eigenvalue weighted by Crippen LogP contribution is 2.17. The van der Waals surface area contributed by atoms with Gasteiger partial charge in [0.1, 0.15) is 18.0 Å². The molecule has 0 radical (unpaired) electrons. The summed E-state index contributed by atoms with van der Waals surface area (Å²) in [7, 11) is 0. The van der Waals surface area contributed by atoms with E-state index >= 15 is 0 Å². The summed E-state index contributed by atoms with van der Waals surface area (Å²) in [5, 5.41) is 13.8. The van der Waals surface area contributed by atoms with Crippen LogP contribution in [0.5, 0.6) is 0 Å². The lowest BCUT2D eigenvalue weighted by atomic mass is 10.3. The molecule has 5 N–H and O–H groups in total. The van der Waals surface area contributed by atoms with Gasteiger partial charge in [-0.1, -0.05) is 0 Å². The summed E-state index contributed by atoms with van der Waals surface area (Å²) < 4.78 is 0. The molecule has 0 aliphatic heterocycles. The molecule has 0 unspecified atom stereocenters. The Bertz CT molecular complexity index is 556. The van der Waals surface area contributed by atoms with Gasteiger partial charge in [-0.3, -0.25) is 5.32 Å². The summed E-state index contributed by atoms with van der Waals surface area (Å²) in [6.45, 7) is 0. The molecule has 18 heavy (non-hydrogen) atoms. The van der Waals surface area contributed by atoms with E-state index in [0.717, 1.165) is 5.69 Å². The molecular weight excluding hydrogens is 234 g/mol. The summed E-state index contributed by atoms with van der Waals surface area (Å²) in [6.07, 6.45) is 0.261. The molecule has 1 amide bonds. The molecule has 2 aromatic rings. The molecule has 0 aliphatic carbocycles. The van der Waals surface area contributed by atoms with Crippen molar-refractivity contribution in [3.05, 3.63) is 36.7 Å². The van der Waals surface area contributed by atoms with Gasteiger partial charge in [0.25, 0.3) is 0 Å². The highest BCUT2D eigenvalue weighted by Gasteiger charge is 1.99. The second-order valence-corrected chi connectivity index (χ2v) is 3.46. The second kappa shape index (κ2) is 5.00. The molecule has 7 heteroatoms. The third kappa shape index (κ3) is 3.08. The van der Waals surface area contributed by atoms with E-state index in [4.69, 9.17) is 10.8 Å². The topological polar surface area (TPSA) is 113 Å². The molecule has 0 aliphatic rings. The number of amides is 1. The van der Waals surface area contributed by atoms with Gasteiger partial charge in [-0.2, -0.15) is 0 Å². The van der Waals surface area contributed by atoms with Crippen LogP contribution in [0.2, 0.25) is 0 Å². The predicted molar refractivity (Wildman–Crippen MR) is 67.8 cm³/mol. The number of carboxylic acid groups (broad SMARTS) is 1. The fraction of sp³-hybridized carbons (Fsp3) is 0. The summed E-state index contributed by atoms with van der Waals surface area (Å²) >= 11 is 0. The molecule has 0 saturated heterocycles. The van der Waals surface area contributed by atoms with E-state index in [1.54, 1.807) is 30.3 Å². The minimum atomic E-state index is -1.10. The van der Waals surface area contributed by atoms with Crippen LogP contribution in [0, 0.1) is 0 Å². The fourth-order valence-electron chi connectivity index (χ4n) is 1.35. The van der Waals surface area contributed by atoms with Crippen LogP contribution in [-0.2, 0) is 0 Å². The Kier molecular flexibility index (Phi) is 3.24. The van der Waals surface area contributed by atoms with Crippen molar-refractivity contribution in [3.63, 3.8) is 0 Å². The third-order valence-electron chi connectivity index (χ3n) is 2.10. The number of rotatable bonds is 3. The van der Waals surface area contributed by atoms with Gasteiger partial charge in [0, 0.05) is 17.4 Å². The van der Waals surface area contributed by atoms with E-state index in [9.17, 15) is 4.79 Å². The average Bonchev–Trinajstić information content (AvgIpc) is 2.31. The van der Waals surface area contributed by atoms with Crippen LogP contribution in [0.25, 0.3) is 0 Å². The zero-order valence-electron chi connectivity index (χ0n) is 9.29. The average molecular weight is 245 g/mol. The summed E-state index contributed by atoms with van der Waals surface area (Å²) in [5.41, 5.74) is 6.79. The van der Waals surface area contributed by atoms with Gasteiger partial charge < -0.3 is 16.2 Å². The number of hydrogen-bond donors (Lipinski definition) is 4. The Labute approximate surface area is 103 Å². The van der Waals surface area contributed by atoms with Gasteiger partial charge in [0.2, 0.25) is 0 Å². The molecule has 92 valence electrons. The quantitative estimate of drug-likeness (QED) is 0.656. The molecule has 0 fully saturated rings. The lowest BCUT2D eigenvalue weighted by Crippen LogP contribution is -2.06. The molecule has 0 spiro atoms. The van der Waals surface area contributed by atoms with E-state index < -0.39 is 6.09 Å². The Morgan fingerprint density at radius 1 is 1.17 bits per heavy atom. The molecule has 1 aromatic carbocycles. The zero-order chi connectivity index (χ0) is 13.0. The van der Waals surface area contributed by atoms with Gasteiger partial charge in [-0.05, 0) is 24.3 Å². The molecule has 0 saturated carbocycles. The molecule has 7 nitrogen and oxygen atoms in total. The van der Waals surface area contributed by atoms with Crippen LogP contribution >= 0.6 is 0 Å². The smallest absolute Gasteiger partial charge is 0.409 e. The maximum absolute atomic E-state index is 10.4. The standard InChI is InChI=1S/C11H11N5O2/c12-9-5-10(14-6-13-9)15-7-1-3-8(4-2-7)16-11(17)18/h1-6,16H,(H,17,18)(H3,12,13,14,15). The Hall–Kier alpha value is -2.83. The van der Waals surface area contributed by atoms with Crippen LogP contribution in [0.15, 0.2) is 36.7 Å². The van der Waals surface area contributed by atoms with Crippen molar-refractivity contribution in [1.29, 1.82) is 0 Å². The van der Waals surface area contributed by atoms with Crippen molar-refractivity contribution in [3.8, 4) is 0 Å². The van der Waals surface area contributed by atoms with Crippen LogP contribution in [0.1, 0.15) is 0 Å². The van der Waals surface area contributed by atoms with Gasteiger partial charge >= 0.3 is 6.09 Å². The number of nitrogen functional groups attached to an aromatic ring is 1. The first-order valence-corrected chi connectivity index (χ1v) is 5.08. The Morgan fingerprint density at radius 2 is 1.83 bits per heavy atom. The highest BCUT2D eigenvalue weighted by atomic mass is 16.4. The Balaban J connectivity index is 2.08.